The molecule has 1 aromatic carbocycles. The Bertz CT molecular complexity index is 566. The second-order valence-electron chi connectivity index (χ2n) is 4.53. The number of furan rings is 1. The van der Waals surface area contributed by atoms with Crippen LogP contribution in [0.2, 0.25) is 0 Å². The minimum absolute atomic E-state index is 0.0499. The van der Waals surface area contributed by atoms with E-state index in [1.54, 1.807) is 24.1 Å². The monoisotopic (exact) mass is 274 g/mol. The van der Waals surface area contributed by atoms with Gasteiger partial charge in [0, 0.05) is 25.7 Å². The van der Waals surface area contributed by atoms with Gasteiger partial charge in [0.15, 0.2) is 5.76 Å². The first-order chi connectivity index (χ1) is 9.61. The molecule has 5 heteroatoms. The number of likely N-dealkylation sites (N-methyl/N-ethyl adjacent to an activating group) is 1. The summed E-state index contributed by atoms with van der Waals surface area (Å²) in [6, 6.07) is 12.4. The first-order valence-corrected chi connectivity index (χ1v) is 6.41. The van der Waals surface area contributed by atoms with E-state index in [9.17, 15) is 4.79 Å². The van der Waals surface area contributed by atoms with Crippen molar-refractivity contribution in [3.8, 4) is 11.7 Å². The highest BCUT2D eigenvalue weighted by molar-refractivity contribution is 5.91. The average molecular weight is 274 g/mol. The predicted octanol–water partition coefficient (Wildman–Crippen LogP) is 2.49. The molecule has 20 heavy (non-hydrogen) atoms. The molecule has 1 aromatic heterocycles. The zero-order valence-electron chi connectivity index (χ0n) is 11.6. The lowest BCUT2D eigenvalue weighted by molar-refractivity contribution is 0.0711. The van der Waals surface area contributed by atoms with Gasteiger partial charge in [-0.1, -0.05) is 18.2 Å². The fourth-order valence-electron chi connectivity index (χ4n) is 1.63. The number of hydrogen-bond acceptors (Lipinski definition) is 4. The molecule has 1 amide bonds. The van der Waals surface area contributed by atoms with Crippen LogP contribution < -0.4 is 10.5 Å². The quantitative estimate of drug-likeness (QED) is 0.909. The van der Waals surface area contributed by atoms with Crippen LogP contribution in [0.25, 0.3) is 0 Å². The third-order valence-corrected chi connectivity index (χ3v) is 3.08. The molecule has 106 valence electrons. The Morgan fingerprint density at radius 1 is 1.30 bits per heavy atom. The summed E-state index contributed by atoms with van der Waals surface area (Å²) in [5.74, 6) is 0.961. The Morgan fingerprint density at radius 2 is 2.00 bits per heavy atom. The van der Waals surface area contributed by atoms with Crippen molar-refractivity contribution in [2.24, 2.45) is 5.73 Å². The lowest BCUT2D eigenvalue weighted by Crippen LogP contribution is -2.39. The maximum Gasteiger partial charge on any atom is 0.290 e. The fraction of sp³-hybridized carbons (Fsp3) is 0.267. The van der Waals surface area contributed by atoms with E-state index in [1.807, 2.05) is 37.3 Å². The van der Waals surface area contributed by atoms with Gasteiger partial charge in [0.1, 0.15) is 5.75 Å². The zero-order valence-corrected chi connectivity index (χ0v) is 11.6. The summed E-state index contributed by atoms with van der Waals surface area (Å²) in [5.41, 5.74) is 5.55. The number of ether oxygens (including phenoxy) is 1. The van der Waals surface area contributed by atoms with Crippen LogP contribution in [-0.2, 0) is 0 Å². The van der Waals surface area contributed by atoms with E-state index in [2.05, 4.69) is 0 Å². The molecular weight excluding hydrogens is 256 g/mol. The molecule has 1 heterocycles. The van der Waals surface area contributed by atoms with Gasteiger partial charge in [-0.3, -0.25) is 4.79 Å². The molecule has 1 atom stereocenters. The molecule has 0 saturated carbocycles. The fourth-order valence-corrected chi connectivity index (χ4v) is 1.63. The lowest BCUT2D eigenvalue weighted by atomic mass is 10.3. The molecule has 0 aliphatic rings. The molecule has 0 spiro atoms. The topological polar surface area (TPSA) is 68.7 Å². The zero-order chi connectivity index (χ0) is 14.5. The van der Waals surface area contributed by atoms with Gasteiger partial charge in [-0.05, 0) is 25.1 Å². The number of carbonyl (C=O) groups is 1. The highest BCUT2D eigenvalue weighted by Gasteiger charge is 2.20. The maximum atomic E-state index is 12.1. The molecule has 2 aromatic rings. The number of nitrogens with zero attached hydrogens (tertiary/aromatic N) is 1. The van der Waals surface area contributed by atoms with Crippen molar-refractivity contribution < 1.29 is 13.9 Å². The minimum atomic E-state index is -0.217. The van der Waals surface area contributed by atoms with Crippen molar-refractivity contribution in [3.63, 3.8) is 0 Å². The normalized spacial score (nSPS) is 11.9. The van der Waals surface area contributed by atoms with Gasteiger partial charge < -0.3 is 19.8 Å². The van der Waals surface area contributed by atoms with Gasteiger partial charge in [0.05, 0.1) is 0 Å². The Kier molecular flexibility index (Phi) is 4.42. The number of rotatable bonds is 5. The molecule has 0 fully saturated rings. The second-order valence-corrected chi connectivity index (χ2v) is 4.53. The van der Waals surface area contributed by atoms with Crippen molar-refractivity contribution in [1.82, 2.24) is 4.90 Å². The molecule has 0 bridgehead atoms. The molecule has 5 nitrogen and oxygen atoms in total. The number of amides is 1. The molecule has 1 unspecified atom stereocenters. The molecule has 0 aliphatic carbocycles. The van der Waals surface area contributed by atoms with E-state index in [0.717, 1.165) is 0 Å². The van der Waals surface area contributed by atoms with Gasteiger partial charge in [0.2, 0.25) is 0 Å². The number of carbonyl (C=O) groups excluding carboxylic acids is 1. The Labute approximate surface area is 117 Å². The number of nitrogens with two attached hydrogens (primary N) is 1. The summed E-state index contributed by atoms with van der Waals surface area (Å²) < 4.78 is 10.9. The Hall–Kier alpha value is -2.27. The Morgan fingerprint density at radius 3 is 2.65 bits per heavy atom. The highest BCUT2D eigenvalue weighted by Crippen LogP contribution is 2.24. The van der Waals surface area contributed by atoms with E-state index in [-0.39, 0.29) is 23.7 Å². The molecule has 0 radical (unpaired) electrons. The summed E-state index contributed by atoms with van der Waals surface area (Å²) in [6.07, 6.45) is 0. The molecule has 2 rings (SSSR count). The standard InChI is InChI=1S/C15H18N2O3/c1-11(10-16)17(2)15(18)13-8-9-14(20-13)19-12-6-4-3-5-7-12/h3-9,11H,10,16H2,1-2H3. The summed E-state index contributed by atoms with van der Waals surface area (Å²) >= 11 is 0. The van der Waals surface area contributed by atoms with Crippen molar-refractivity contribution in [1.29, 1.82) is 0 Å². The van der Waals surface area contributed by atoms with E-state index < -0.39 is 0 Å². The van der Waals surface area contributed by atoms with Gasteiger partial charge >= 0.3 is 0 Å². The third-order valence-electron chi connectivity index (χ3n) is 3.08. The summed E-state index contributed by atoms with van der Waals surface area (Å²) in [6.45, 7) is 2.28. The van der Waals surface area contributed by atoms with E-state index >= 15 is 0 Å². The first-order valence-electron chi connectivity index (χ1n) is 6.41. The summed E-state index contributed by atoms with van der Waals surface area (Å²) in [4.78, 5) is 13.7. The highest BCUT2D eigenvalue weighted by atomic mass is 16.6. The van der Waals surface area contributed by atoms with Crippen molar-refractivity contribution in [2.75, 3.05) is 13.6 Å². The summed E-state index contributed by atoms with van der Waals surface area (Å²) in [5, 5.41) is 0. The van der Waals surface area contributed by atoms with E-state index in [1.165, 1.54) is 0 Å². The van der Waals surface area contributed by atoms with Crippen LogP contribution in [0.5, 0.6) is 11.7 Å². The van der Waals surface area contributed by atoms with E-state index in [0.29, 0.717) is 12.3 Å². The molecule has 0 aliphatic heterocycles. The van der Waals surface area contributed by atoms with Crippen molar-refractivity contribution >= 4 is 5.91 Å². The van der Waals surface area contributed by atoms with Crippen LogP contribution in [-0.4, -0.2) is 30.4 Å². The summed E-state index contributed by atoms with van der Waals surface area (Å²) in [7, 11) is 1.69. The van der Waals surface area contributed by atoms with E-state index in [4.69, 9.17) is 14.9 Å². The molecule has 0 saturated heterocycles. The van der Waals surface area contributed by atoms with Gasteiger partial charge in [-0.25, -0.2) is 0 Å². The van der Waals surface area contributed by atoms with Crippen LogP contribution in [0.1, 0.15) is 17.5 Å². The SMILES string of the molecule is CC(CN)N(C)C(=O)c1ccc(Oc2ccccc2)o1. The molecule has 2 N–H and O–H groups in total. The van der Waals surface area contributed by atoms with Crippen molar-refractivity contribution in [3.05, 3.63) is 48.2 Å². The van der Waals surface area contributed by atoms with Gasteiger partial charge in [-0.2, -0.15) is 0 Å². The minimum Gasteiger partial charge on any atom is -0.426 e. The lowest BCUT2D eigenvalue weighted by Gasteiger charge is -2.22. The second kappa shape index (κ2) is 6.25. The van der Waals surface area contributed by atoms with Crippen molar-refractivity contribution in [2.45, 2.75) is 13.0 Å². The largest absolute Gasteiger partial charge is 0.426 e. The van der Waals surface area contributed by atoms with Crippen LogP contribution in [0.3, 0.4) is 0 Å². The van der Waals surface area contributed by atoms with Crippen LogP contribution in [0.4, 0.5) is 0 Å². The number of benzene rings is 1. The average Bonchev–Trinajstić information content (AvgIpc) is 2.94. The molecular formula is C15H18N2O3. The third kappa shape index (κ3) is 3.19. The van der Waals surface area contributed by atoms with Crippen LogP contribution in [0, 0.1) is 0 Å². The number of hydrogen-bond donors (Lipinski definition) is 1. The smallest absolute Gasteiger partial charge is 0.290 e. The van der Waals surface area contributed by atoms with Gasteiger partial charge in [-0.15, -0.1) is 0 Å². The van der Waals surface area contributed by atoms with Crippen LogP contribution >= 0.6 is 0 Å². The maximum absolute atomic E-state index is 12.1. The first kappa shape index (κ1) is 14.1. The predicted molar refractivity (Wildman–Crippen MR) is 75.8 cm³/mol. The van der Waals surface area contributed by atoms with Crippen LogP contribution in [0.15, 0.2) is 46.9 Å². The number of para-hydroxylation sites is 1. The van der Waals surface area contributed by atoms with Gasteiger partial charge in [0.25, 0.3) is 11.9 Å². The Balaban J connectivity index is 2.07.